The molecule has 36 heavy (non-hydrogen) atoms. The van der Waals surface area contributed by atoms with Crippen LogP contribution in [0, 0.1) is 13.8 Å². The minimum Gasteiger partial charge on any atom is -0.453 e. The number of amides is 1. The van der Waals surface area contributed by atoms with Gasteiger partial charge in [-0.3, -0.25) is 0 Å². The lowest BCUT2D eigenvalue weighted by atomic mass is 9.82. The number of alkyl halides is 6. The van der Waals surface area contributed by atoms with Crippen molar-refractivity contribution in [3.8, 4) is 0 Å². The molecule has 0 aromatic heterocycles. The van der Waals surface area contributed by atoms with Crippen LogP contribution in [0.1, 0.15) is 90.4 Å². The van der Waals surface area contributed by atoms with Crippen LogP contribution in [0.5, 0.6) is 0 Å². The van der Waals surface area contributed by atoms with Crippen molar-refractivity contribution in [2.75, 3.05) is 7.11 Å². The zero-order valence-corrected chi connectivity index (χ0v) is 21.2. The molecule has 0 saturated carbocycles. The van der Waals surface area contributed by atoms with E-state index in [0.29, 0.717) is 17.7 Å². The fraction of sp³-hybridized carbons (Fsp3) is 0.519. The SMILES string of the molecule is CCCC(CCC)c1cc(C)c(C)cc1C(Cc1cc(C(F)(F)F)cc(C(F)(F)F)c1)NC(=O)OC. The number of rotatable bonds is 9. The summed E-state index contributed by atoms with van der Waals surface area (Å²) in [5.74, 6) is 0.128. The third kappa shape index (κ3) is 7.64. The average Bonchev–Trinajstić information content (AvgIpc) is 2.78. The molecule has 1 N–H and O–H groups in total. The van der Waals surface area contributed by atoms with E-state index in [0.717, 1.165) is 49.5 Å². The summed E-state index contributed by atoms with van der Waals surface area (Å²) in [5.41, 5.74) is 0.551. The summed E-state index contributed by atoms with van der Waals surface area (Å²) < 4.78 is 85.4. The van der Waals surface area contributed by atoms with E-state index in [4.69, 9.17) is 4.74 Å². The first-order valence-electron chi connectivity index (χ1n) is 11.9. The highest BCUT2D eigenvalue weighted by Gasteiger charge is 2.37. The van der Waals surface area contributed by atoms with Crippen LogP contribution >= 0.6 is 0 Å². The van der Waals surface area contributed by atoms with Gasteiger partial charge in [0.05, 0.1) is 24.3 Å². The predicted octanol–water partition coefficient (Wildman–Crippen LogP) is 8.66. The van der Waals surface area contributed by atoms with Gasteiger partial charge in [0.2, 0.25) is 0 Å². The summed E-state index contributed by atoms with van der Waals surface area (Å²) in [4.78, 5) is 12.2. The van der Waals surface area contributed by atoms with Crippen LogP contribution in [0.4, 0.5) is 31.1 Å². The molecular weight excluding hydrogens is 484 g/mol. The number of ether oxygens (including phenoxy) is 1. The fourth-order valence-corrected chi connectivity index (χ4v) is 4.48. The smallest absolute Gasteiger partial charge is 0.416 e. The lowest BCUT2D eigenvalue weighted by Gasteiger charge is -2.27. The summed E-state index contributed by atoms with van der Waals surface area (Å²) in [6.07, 6.45) is -7.51. The van der Waals surface area contributed by atoms with Gasteiger partial charge in [0, 0.05) is 0 Å². The van der Waals surface area contributed by atoms with Crippen LogP contribution in [0.2, 0.25) is 0 Å². The molecule has 200 valence electrons. The van der Waals surface area contributed by atoms with E-state index in [9.17, 15) is 31.1 Å². The van der Waals surface area contributed by atoms with Crippen molar-refractivity contribution in [2.45, 2.75) is 84.1 Å². The topological polar surface area (TPSA) is 38.3 Å². The monoisotopic (exact) mass is 517 g/mol. The van der Waals surface area contributed by atoms with Gasteiger partial charge in [-0.1, -0.05) is 38.8 Å². The van der Waals surface area contributed by atoms with Gasteiger partial charge >= 0.3 is 18.4 Å². The molecule has 0 aliphatic carbocycles. The number of carbonyl (C=O) groups excluding carboxylic acids is 1. The molecule has 0 bridgehead atoms. The van der Waals surface area contributed by atoms with Crippen molar-refractivity contribution in [1.82, 2.24) is 5.32 Å². The second kappa shape index (κ2) is 12.0. The molecule has 3 nitrogen and oxygen atoms in total. The predicted molar refractivity (Wildman–Crippen MR) is 127 cm³/mol. The molecule has 1 amide bonds. The molecule has 9 heteroatoms. The number of aryl methyl sites for hydroxylation is 2. The molecule has 0 spiro atoms. The third-order valence-electron chi connectivity index (χ3n) is 6.35. The van der Waals surface area contributed by atoms with Crippen molar-refractivity contribution in [2.24, 2.45) is 0 Å². The number of nitrogens with one attached hydrogen (secondary N) is 1. The highest BCUT2D eigenvalue weighted by molar-refractivity contribution is 5.68. The Morgan fingerprint density at radius 1 is 0.833 bits per heavy atom. The summed E-state index contributed by atoms with van der Waals surface area (Å²) in [7, 11) is 1.15. The van der Waals surface area contributed by atoms with Crippen molar-refractivity contribution < 1.29 is 35.9 Å². The lowest BCUT2D eigenvalue weighted by molar-refractivity contribution is -0.143. The Bertz CT molecular complexity index is 1010. The normalized spacial score (nSPS) is 13.1. The van der Waals surface area contributed by atoms with E-state index in [1.54, 1.807) is 0 Å². The number of hydrogen-bond donors (Lipinski definition) is 1. The van der Waals surface area contributed by atoms with Crippen molar-refractivity contribution in [1.29, 1.82) is 0 Å². The maximum atomic E-state index is 13.4. The molecule has 0 radical (unpaired) electrons. The summed E-state index contributed by atoms with van der Waals surface area (Å²) in [5, 5.41) is 2.65. The van der Waals surface area contributed by atoms with Gasteiger partial charge < -0.3 is 10.1 Å². The summed E-state index contributed by atoms with van der Waals surface area (Å²) in [6.45, 7) is 7.92. The fourth-order valence-electron chi connectivity index (χ4n) is 4.48. The van der Waals surface area contributed by atoms with Gasteiger partial charge in [0.1, 0.15) is 0 Å². The van der Waals surface area contributed by atoms with Gasteiger partial charge in [-0.2, -0.15) is 26.3 Å². The molecule has 0 aliphatic heterocycles. The Kier molecular flexibility index (Phi) is 9.85. The van der Waals surface area contributed by atoms with Crippen molar-refractivity contribution >= 4 is 6.09 Å². The molecule has 2 aromatic carbocycles. The standard InChI is InChI=1S/C27H33F6NO2/c1-6-8-19(9-7-2)22-10-16(3)17(4)11-23(22)24(34-25(35)36-5)14-18-12-20(26(28,29)30)15-21(13-18)27(31,32)33/h10-13,15,19,24H,6-9,14H2,1-5H3,(H,34,35). The summed E-state index contributed by atoms with van der Waals surface area (Å²) in [6, 6.07) is 4.50. The van der Waals surface area contributed by atoms with Gasteiger partial charge in [-0.05, 0) is 85.0 Å². The summed E-state index contributed by atoms with van der Waals surface area (Å²) >= 11 is 0. The Balaban J connectivity index is 2.71. The minimum absolute atomic E-state index is 0.103. The highest BCUT2D eigenvalue weighted by atomic mass is 19.4. The van der Waals surface area contributed by atoms with Gasteiger partial charge in [-0.15, -0.1) is 0 Å². The zero-order valence-electron chi connectivity index (χ0n) is 21.2. The van der Waals surface area contributed by atoms with Crippen LogP contribution < -0.4 is 5.32 Å². The maximum absolute atomic E-state index is 13.4. The first kappa shape index (κ1) is 29.5. The average molecular weight is 518 g/mol. The second-order valence-corrected chi connectivity index (χ2v) is 9.15. The second-order valence-electron chi connectivity index (χ2n) is 9.15. The molecule has 0 fully saturated rings. The van der Waals surface area contributed by atoms with Gasteiger partial charge in [0.25, 0.3) is 0 Å². The van der Waals surface area contributed by atoms with Crippen LogP contribution in [-0.2, 0) is 23.5 Å². The molecule has 0 aliphatic rings. The van der Waals surface area contributed by atoms with Crippen LogP contribution in [0.15, 0.2) is 30.3 Å². The molecule has 0 saturated heterocycles. The quantitative estimate of drug-likeness (QED) is 0.338. The van der Waals surface area contributed by atoms with Gasteiger partial charge in [-0.25, -0.2) is 4.79 Å². The Hall–Kier alpha value is -2.71. The van der Waals surface area contributed by atoms with Crippen LogP contribution in [0.3, 0.4) is 0 Å². The zero-order chi connectivity index (χ0) is 27.3. The molecule has 1 atom stereocenters. The number of hydrogen-bond acceptors (Lipinski definition) is 2. The highest BCUT2D eigenvalue weighted by Crippen LogP contribution is 2.39. The number of halogens is 6. The number of alkyl carbamates (subject to hydrolysis) is 1. The largest absolute Gasteiger partial charge is 0.453 e. The van der Waals surface area contributed by atoms with E-state index < -0.39 is 35.6 Å². The molecule has 2 rings (SSSR count). The number of carbonyl (C=O) groups is 1. The van der Waals surface area contributed by atoms with Crippen LogP contribution in [-0.4, -0.2) is 13.2 Å². The third-order valence-corrected chi connectivity index (χ3v) is 6.35. The van der Waals surface area contributed by atoms with E-state index in [1.807, 2.05) is 26.0 Å². The molecule has 2 aromatic rings. The molecular formula is C27H33F6NO2. The van der Waals surface area contributed by atoms with E-state index in [1.165, 1.54) is 0 Å². The van der Waals surface area contributed by atoms with Crippen molar-refractivity contribution in [3.63, 3.8) is 0 Å². The Morgan fingerprint density at radius 2 is 1.31 bits per heavy atom. The van der Waals surface area contributed by atoms with E-state index in [2.05, 4.69) is 19.2 Å². The maximum Gasteiger partial charge on any atom is 0.416 e. The van der Waals surface area contributed by atoms with Gasteiger partial charge in [0.15, 0.2) is 0 Å². The van der Waals surface area contributed by atoms with Crippen LogP contribution in [0.25, 0.3) is 0 Å². The number of methoxy groups -OCH3 is 1. The van der Waals surface area contributed by atoms with Crippen molar-refractivity contribution in [3.05, 3.63) is 69.3 Å². The molecule has 1 unspecified atom stereocenters. The Labute approximate surface area is 208 Å². The lowest BCUT2D eigenvalue weighted by Crippen LogP contribution is -2.31. The molecule has 0 heterocycles. The number of benzene rings is 2. The first-order chi connectivity index (χ1) is 16.7. The van der Waals surface area contributed by atoms with E-state index >= 15 is 0 Å². The van der Waals surface area contributed by atoms with E-state index in [-0.39, 0.29) is 24.0 Å². The first-order valence-corrected chi connectivity index (χ1v) is 11.9. The Morgan fingerprint density at radius 3 is 1.72 bits per heavy atom. The minimum atomic E-state index is -4.96.